The second-order valence-corrected chi connectivity index (χ2v) is 3.73. The molecule has 4 nitrogen and oxygen atoms in total. The minimum absolute atomic E-state index is 0.213. The monoisotopic (exact) mass is 222 g/mol. The van der Waals surface area contributed by atoms with Crippen molar-refractivity contribution >= 4 is 0 Å². The molecule has 1 aromatic rings. The Morgan fingerprint density at radius 1 is 1.62 bits per heavy atom. The van der Waals surface area contributed by atoms with E-state index in [9.17, 15) is 0 Å². The Kier molecular flexibility index (Phi) is 5.82. The van der Waals surface area contributed by atoms with E-state index < -0.39 is 0 Å². The third kappa shape index (κ3) is 3.79. The largest absolute Gasteiger partial charge is 0.329 e. The number of rotatable bonds is 7. The van der Waals surface area contributed by atoms with Gasteiger partial charge in [0, 0.05) is 30.9 Å². The molecule has 1 rings (SSSR count). The number of hydrogen-bond donors (Lipinski definition) is 2. The van der Waals surface area contributed by atoms with Crippen LogP contribution in [0.2, 0.25) is 0 Å². The van der Waals surface area contributed by atoms with Crippen LogP contribution < -0.4 is 11.1 Å². The van der Waals surface area contributed by atoms with Gasteiger partial charge in [0.2, 0.25) is 0 Å². The maximum Gasteiger partial charge on any atom is 0.0538 e. The molecular weight excluding hydrogens is 200 g/mol. The van der Waals surface area contributed by atoms with Gasteiger partial charge in [-0.1, -0.05) is 12.2 Å². The van der Waals surface area contributed by atoms with E-state index in [1.54, 1.807) is 0 Å². The first-order chi connectivity index (χ1) is 7.81. The lowest BCUT2D eigenvalue weighted by molar-refractivity contribution is 0.547. The lowest BCUT2D eigenvalue weighted by atomic mass is 10.1. The fourth-order valence-electron chi connectivity index (χ4n) is 1.58. The molecule has 0 spiro atoms. The smallest absolute Gasteiger partial charge is 0.0538 e. The third-order valence-electron chi connectivity index (χ3n) is 2.55. The van der Waals surface area contributed by atoms with Crippen molar-refractivity contribution in [2.75, 3.05) is 13.1 Å². The molecular formula is C12H22N4. The van der Waals surface area contributed by atoms with Crippen molar-refractivity contribution in [2.24, 2.45) is 5.73 Å². The first kappa shape index (κ1) is 12.9. The highest BCUT2D eigenvalue weighted by Crippen LogP contribution is 2.10. The fraction of sp³-hybridized carbons (Fsp3) is 0.583. The minimum Gasteiger partial charge on any atom is -0.329 e. The van der Waals surface area contributed by atoms with Gasteiger partial charge in [-0.25, -0.2) is 0 Å². The minimum atomic E-state index is 0.213. The average Bonchev–Trinajstić information content (AvgIpc) is 2.78. The number of aryl methyl sites for hydroxylation is 1. The topological polar surface area (TPSA) is 55.9 Å². The molecule has 0 bridgehead atoms. The summed E-state index contributed by atoms with van der Waals surface area (Å²) in [4.78, 5) is 0. The van der Waals surface area contributed by atoms with Crippen LogP contribution in [0.1, 0.15) is 31.9 Å². The molecule has 0 aliphatic rings. The van der Waals surface area contributed by atoms with Gasteiger partial charge >= 0.3 is 0 Å². The van der Waals surface area contributed by atoms with E-state index in [4.69, 9.17) is 5.73 Å². The summed E-state index contributed by atoms with van der Waals surface area (Å²) in [5.74, 6) is 0. The standard InChI is InChI=1S/C12H22N4/c1-3-5-6-7-14-12(8-13)11-9-15-16(4-2)10-11/h3,5,9-10,12,14H,4,6-8,13H2,1-2H3/b5-3+. The van der Waals surface area contributed by atoms with Gasteiger partial charge in [0.05, 0.1) is 6.20 Å². The molecule has 3 N–H and O–H groups in total. The van der Waals surface area contributed by atoms with Crippen molar-refractivity contribution in [1.82, 2.24) is 15.1 Å². The van der Waals surface area contributed by atoms with Gasteiger partial charge in [-0.2, -0.15) is 5.10 Å². The second kappa shape index (κ2) is 7.19. The average molecular weight is 222 g/mol. The molecule has 0 saturated carbocycles. The van der Waals surface area contributed by atoms with Gasteiger partial charge in [-0.05, 0) is 26.8 Å². The normalized spacial score (nSPS) is 13.4. The van der Waals surface area contributed by atoms with E-state index in [-0.39, 0.29) is 6.04 Å². The highest BCUT2D eigenvalue weighted by atomic mass is 15.3. The van der Waals surface area contributed by atoms with Crippen LogP contribution in [0.4, 0.5) is 0 Å². The van der Waals surface area contributed by atoms with Gasteiger partial charge in [0.1, 0.15) is 0 Å². The quantitative estimate of drug-likeness (QED) is 0.542. The summed E-state index contributed by atoms with van der Waals surface area (Å²) < 4.78 is 1.92. The zero-order chi connectivity index (χ0) is 11.8. The Balaban J connectivity index is 2.46. The Labute approximate surface area is 97.5 Å². The van der Waals surface area contributed by atoms with E-state index in [0.29, 0.717) is 6.54 Å². The van der Waals surface area contributed by atoms with Crippen molar-refractivity contribution in [3.05, 3.63) is 30.1 Å². The number of nitrogens with two attached hydrogens (primary N) is 1. The number of hydrogen-bond acceptors (Lipinski definition) is 3. The molecule has 4 heteroatoms. The van der Waals surface area contributed by atoms with Crippen LogP contribution in [0.15, 0.2) is 24.5 Å². The van der Waals surface area contributed by atoms with Crippen LogP contribution in [0.5, 0.6) is 0 Å². The fourth-order valence-corrected chi connectivity index (χ4v) is 1.58. The predicted molar refractivity (Wildman–Crippen MR) is 67.1 cm³/mol. The molecule has 0 aliphatic heterocycles. The van der Waals surface area contributed by atoms with E-state index in [1.165, 1.54) is 5.56 Å². The van der Waals surface area contributed by atoms with Gasteiger partial charge in [-0.15, -0.1) is 0 Å². The predicted octanol–water partition coefficient (Wildman–Crippen LogP) is 1.46. The summed E-state index contributed by atoms with van der Waals surface area (Å²) in [6, 6.07) is 0.213. The van der Waals surface area contributed by atoms with Crippen molar-refractivity contribution in [2.45, 2.75) is 32.9 Å². The zero-order valence-corrected chi connectivity index (χ0v) is 10.2. The van der Waals surface area contributed by atoms with Gasteiger partial charge in [0.15, 0.2) is 0 Å². The van der Waals surface area contributed by atoms with Gasteiger partial charge in [-0.3, -0.25) is 4.68 Å². The van der Waals surface area contributed by atoms with Crippen LogP contribution in [0.25, 0.3) is 0 Å². The van der Waals surface area contributed by atoms with Crippen LogP contribution in [0, 0.1) is 0 Å². The summed E-state index contributed by atoms with van der Waals surface area (Å²) in [6.45, 7) is 6.56. The Bertz CT molecular complexity index is 317. The molecule has 1 unspecified atom stereocenters. The molecule has 1 aromatic heterocycles. The van der Waals surface area contributed by atoms with Crippen LogP contribution in [-0.2, 0) is 6.54 Å². The molecule has 90 valence electrons. The summed E-state index contributed by atoms with van der Waals surface area (Å²) in [5, 5.41) is 7.68. The summed E-state index contributed by atoms with van der Waals surface area (Å²) in [5.41, 5.74) is 6.92. The Hall–Kier alpha value is -1.13. The Morgan fingerprint density at radius 3 is 3.00 bits per heavy atom. The Morgan fingerprint density at radius 2 is 2.44 bits per heavy atom. The zero-order valence-electron chi connectivity index (χ0n) is 10.2. The lowest BCUT2D eigenvalue weighted by Crippen LogP contribution is -2.28. The number of nitrogens with zero attached hydrogens (tertiary/aromatic N) is 2. The molecule has 0 aromatic carbocycles. The van der Waals surface area contributed by atoms with Crippen LogP contribution in [0.3, 0.4) is 0 Å². The third-order valence-corrected chi connectivity index (χ3v) is 2.55. The van der Waals surface area contributed by atoms with Crippen molar-refractivity contribution < 1.29 is 0 Å². The first-order valence-electron chi connectivity index (χ1n) is 5.88. The number of allylic oxidation sites excluding steroid dienone is 1. The molecule has 0 amide bonds. The van der Waals surface area contributed by atoms with Crippen molar-refractivity contribution in [3.8, 4) is 0 Å². The maximum absolute atomic E-state index is 5.75. The summed E-state index contributed by atoms with van der Waals surface area (Å²) >= 11 is 0. The summed E-state index contributed by atoms with van der Waals surface area (Å²) in [6.07, 6.45) is 9.20. The number of aromatic nitrogens is 2. The van der Waals surface area contributed by atoms with E-state index >= 15 is 0 Å². The molecule has 0 saturated heterocycles. The van der Waals surface area contributed by atoms with Crippen molar-refractivity contribution in [3.63, 3.8) is 0 Å². The molecule has 16 heavy (non-hydrogen) atoms. The van der Waals surface area contributed by atoms with E-state index in [2.05, 4.69) is 35.7 Å². The number of nitrogens with one attached hydrogen (secondary N) is 1. The lowest BCUT2D eigenvalue weighted by Gasteiger charge is -2.14. The molecule has 1 heterocycles. The molecule has 0 aliphatic carbocycles. The molecule has 0 radical (unpaired) electrons. The first-order valence-corrected chi connectivity index (χ1v) is 5.88. The second-order valence-electron chi connectivity index (χ2n) is 3.73. The SMILES string of the molecule is C/C=C/CCNC(CN)c1cnn(CC)c1. The van der Waals surface area contributed by atoms with E-state index in [1.807, 2.05) is 17.8 Å². The molecule has 0 fully saturated rings. The van der Waals surface area contributed by atoms with Crippen LogP contribution >= 0.6 is 0 Å². The summed E-state index contributed by atoms with van der Waals surface area (Å²) in [7, 11) is 0. The van der Waals surface area contributed by atoms with Crippen LogP contribution in [-0.4, -0.2) is 22.9 Å². The molecule has 1 atom stereocenters. The highest BCUT2D eigenvalue weighted by Gasteiger charge is 2.10. The van der Waals surface area contributed by atoms with E-state index in [0.717, 1.165) is 19.5 Å². The van der Waals surface area contributed by atoms with Gasteiger partial charge in [0.25, 0.3) is 0 Å². The maximum atomic E-state index is 5.75. The van der Waals surface area contributed by atoms with Crippen molar-refractivity contribution in [1.29, 1.82) is 0 Å². The highest BCUT2D eigenvalue weighted by molar-refractivity contribution is 5.10. The van der Waals surface area contributed by atoms with Gasteiger partial charge < -0.3 is 11.1 Å².